The van der Waals surface area contributed by atoms with Gasteiger partial charge in [0.2, 0.25) is 11.8 Å². The lowest BCUT2D eigenvalue weighted by Gasteiger charge is -2.19. The molecule has 1 N–H and O–H groups in total. The molecule has 4 amide bonds. The molecule has 0 spiro atoms. The minimum atomic E-state index is -0.793. The lowest BCUT2D eigenvalue weighted by molar-refractivity contribution is -0.130. The quantitative estimate of drug-likeness (QED) is 0.853. The zero-order chi connectivity index (χ0) is 18.1. The van der Waals surface area contributed by atoms with E-state index in [1.54, 1.807) is 13.8 Å². The van der Waals surface area contributed by atoms with Crippen LogP contribution in [0.4, 0.5) is 20.8 Å². The first-order valence-corrected chi connectivity index (χ1v) is 7.50. The summed E-state index contributed by atoms with van der Waals surface area (Å²) in [4.78, 5) is 39.0. The molecule has 8 nitrogen and oxygen atoms in total. The Morgan fingerprint density at radius 2 is 2.00 bits per heavy atom. The number of nitrogens with zero attached hydrogens (tertiary/aromatic N) is 3. The highest BCUT2D eigenvalue weighted by atomic mass is 19.1. The van der Waals surface area contributed by atoms with Crippen LogP contribution in [0.1, 0.15) is 12.6 Å². The van der Waals surface area contributed by atoms with Crippen molar-refractivity contribution in [3.05, 3.63) is 41.8 Å². The van der Waals surface area contributed by atoms with E-state index in [1.807, 2.05) is 0 Å². The molecule has 130 valence electrons. The van der Waals surface area contributed by atoms with Gasteiger partial charge in [-0.05, 0) is 38.1 Å². The molecule has 1 aliphatic heterocycles. The lowest BCUT2D eigenvalue weighted by atomic mass is 10.2. The average Bonchev–Trinajstić information content (AvgIpc) is 3.06. The third kappa shape index (κ3) is 3.21. The molecule has 1 saturated heterocycles. The van der Waals surface area contributed by atoms with Gasteiger partial charge < -0.3 is 4.52 Å². The average molecular weight is 346 g/mol. The standard InChI is InChI=1S/C16H15FN4O4/c1-9-7-14(25-19-9)18-13(22)8-20-15(23)10(2)21(16(20)24)12-5-3-11(17)4-6-12/h3-7,10H,8H2,1-2H3,(H,18,22)/t10-/m1/s1. The molecule has 1 fully saturated rings. The number of imide groups is 1. The summed E-state index contributed by atoms with van der Waals surface area (Å²) in [6.45, 7) is 2.77. The summed E-state index contributed by atoms with van der Waals surface area (Å²) in [5, 5.41) is 6.05. The monoisotopic (exact) mass is 346 g/mol. The van der Waals surface area contributed by atoms with Crippen molar-refractivity contribution in [1.82, 2.24) is 10.1 Å². The number of carbonyl (C=O) groups excluding carboxylic acids is 3. The van der Waals surface area contributed by atoms with Crippen molar-refractivity contribution in [3.63, 3.8) is 0 Å². The summed E-state index contributed by atoms with van der Waals surface area (Å²) in [7, 11) is 0. The highest BCUT2D eigenvalue weighted by Gasteiger charge is 2.44. The smallest absolute Gasteiger partial charge is 0.332 e. The number of aromatic nitrogens is 1. The van der Waals surface area contributed by atoms with Gasteiger partial charge in [0, 0.05) is 11.8 Å². The van der Waals surface area contributed by atoms with Gasteiger partial charge in [0.1, 0.15) is 18.4 Å². The highest BCUT2D eigenvalue weighted by Crippen LogP contribution is 2.25. The van der Waals surface area contributed by atoms with Gasteiger partial charge in [-0.25, -0.2) is 9.18 Å². The molecule has 2 aromatic rings. The van der Waals surface area contributed by atoms with Crippen molar-refractivity contribution in [2.24, 2.45) is 0 Å². The van der Waals surface area contributed by atoms with Crippen molar-refractivity contribution in [2.45, 2.75) is 19.9 Å². The number of aryl methyl sites for hydroxylation is 1. The van der Waals surface area contributed by atoms with Gasteiger partial charge in [0.05, 0.1) is 5.69 Å². The lowest BCUT2D eigenvalue weighted by Crippen LogP contribution is -2.39. The molecule has 1 aromatic heterocycles. The number of rotatable bonds is 4. The van der Waals surface area contributed by atoms with E-state index in [9.17, 15) is 18.8 Å². The highest BCUT2D eigenvalue weighted by molar-refractivity contribution is 6.15. The number of amides is 4. The largest absolute Gasteiger partial charge is 0.338 e. The second-order valence-electron chi connectivity index (χ2n) is 5.61. The van der Waals surface area contributed by atoms with Gasteiger partial charge in [0.25, 0.3) is 5.91 Å². The maximum Gasteiger partial charge on any atom is 0.332 e. The molecular weight excluding hydrogens is 331 g/mol. The molecule has 25 heavy (non-hydrogen) atoms. The fourth-order valence-corrected chi connectivity index (χ4v) is 2.55. The Hall–Kier alpha value is -3.23. The topological polar surface area (TPSA) is 95.8 Å². The van der Waals surface area contributed by atoms with Crippen molar-refractivity contribution >= 4 is 29.4 Å². The van der Waals surface area contributed by atoms with Crippen LogP contribution in [-0.2, 0) is 9.59 Å². The normalized spacial score (nSPS) is 17.3. The van der Waals surface area contributed by atoms with E-state index < -0.39 is 36.2 Å². The Labute approximate surface area is 142 Å². The predicted octanol–water partition coefficient (Wildman–Crippen LogP) is 1.92. The van der Waals surface area contributed by atoms with E-state index in [2.05, 4.69) is 10.5 Å². The van der Waals surface area contributed by atoms with Crippen LogP contribution < -0.4 is 10.2 Å². The Morgan fingerprint density at radius 3 is 2.60 bits per heavy atom. The third-order valence-corrected chi connectivity index (χ3v) is 3.74. The minimum Gasteiger partial charge on any atom is -0.338 e. The van der Waals surface area contributed by atoms with Gasteiger partial charge in [-0.2, -0.15) is 0 Å². The van der Waals surface area contributed by atoms with Crippen molar-refractivity contribution in [2.75, 3.05) is 16.8 Å². The number of carbonyl (C=O) groups is 3. The fourth-order valence-electron chi connectivity index (χ4n) is 2.55. The van der Waals surface area contributed by atoms with Gasteiger partial charge in [0.15, 0.2) is 0 Å². The van der Waals surface area contributed by atoms with Crippen molar-refractivity contribution in [3.8, 4) is 0 Å². The van der Waals surface area contributed by atoms with Gasteiger partial charge >= 0.3 is 6.03 Å². The van der Waals surface area contributed by atoms with E-state index in [1.165, 1.54) is 35.2 Å². The fraction of sp³-hybridized carbons (Fsp3) is 0.250. The summed E-state index contributed by atoms with van der Waals surface area (Å²) >= 11 is 0. The van der Waals surface area contributed by atoms with Gasteiger partial charge in [-0.15, -0.1) is 0 Å². The molecule has 9 heteroatoms. The zero-order valence-corrected chi connectivity index (χ0v) is 13.5. The summed E-state index contributed by atoms with van der Waals surface area (Å²) in [6, 6.07) is 5.27. The first kappa shape index (κ1) is 16.6. The molecule has 0 aliphatic carbocycles. The summed E-state index contributed by atoms with van der Waals surface area (Å²) in [5.74, 6) is -1.43. The van der Waals surface area contributed by atoms with Crippen LogP contribution in [0.5, 0.6) is 0 Å². The number of hydrogen-bond donors (Lipinski definition) is 1. The Balaban J connectivity index is 1.73. The molecule has 0 unspecified atom stereocenters. The van der Waals surface area contributed by atoms with Crippen LogP contribution in [0, 0.1) is 12.7 Å². The molecule has 0 bridgehead atoms. The number of anilines is 2. The molecule has 0 saturated carbocycles. The number of halogens is 1. The predicted molar refractivity (Wildman–Crippen MR) is 85.3 cm³/mol. The number of benzene rings is 1. The maximum absolute atomic E-state index is 13.1. The summed E-state index contributed by atoms with van der Waals surface area (Å²) in [6.07, 6.45) is 0. The van der Waals surface area contributed by atoms with E-state index in [0.29, 0.717) is 11.4 Å². The first-order valence-electron chi connectivity index (χ1n) is 7.50. The molecule has 3 rings (SSSR count). The SMILES string of the molecule is Cc1cc(NC(=O)CN2C(=O)[C@@H](C)N(c3ccc(F)cc3)C2=O)on1. The molecule has 1 aromatic carbocycles. The molecule has 0 radical (unpaired) electrons. The van der Waals surface area contributed by atoms with Crippen LogP contribution >= 0.6 is 0 Å². The maximum atomic E-state index is 13.1. The first-order chi connectivity index (χ1) is 11.9. The molecule has 1 aliphatic rings. The second-order valence-corrected chi connectivity index (χ2v) is 5.61. The summed E-state index contributed by atoms with van der Waals surface area (Å²) < 4.78 is 17.9. The van der Waals surface area contributed by atoms with Crippen LogP contribution in [0.3, 0.4) is 0 Å². The number of hydrogen-bond acceptors (Lipinski definition) is 5. The summed E-state index contributed by atoms with van der Waals surface area (Å²) in [5.41, 5.74) is 0.959. The van der Waals surface area contributed by atoms with E-state index >= 15 is 0 Å². The third-order valence-electron chi connectivity index (χ3n) is 3.74. The second kappa shape index (κ2) is 6.34. The van der Waals surface area contributed by atoms with Crippen LogP contribution in [-0.4, -0.2) is 40.5 Å². The Bertz CT molecular complexity index is 833. The van der Waals surface area contributed by atoms with E-state index in [4.69, 9.17) is 4.52 Å². The van der Waals surface area contributed by atoms with E-state index in [-0.39, 0.29) is 5.88 Å². The van der Waals surface area contributed by atoms with Crippen molar-refractivity contribution < 1.29 is 23.3 Å². The molecular formula is C16H15FN4O4. The number of nitrogens with one attached hydrogen (secondary N) is 1. The van der Waals surface area contributed by atoms with Crippen LogP contribution in [0.2, 0.25) is 0 Å². The Kier molecular flexibility index (Phi) is 4.22. The van der Waals surface area contributed by atoms with E-state index in [0.717, 1.165) is 4.90 Å². The molecule has 1 atom stereocenters. The molecule has 2 heterocycles. The minimum absolute atomic E-state index is 0.130. The number of urea groups is 1. The van der Waals surface area contributed by atoms with Gasteiger partial charge in [-0.3, -0.25) is 24.7 Å². The van der Waals surface area contributed by atoms with Crippen LogP contribution in [0.25, 0.3) is 0 Å². The van der Waals surface area contributed by atoms with Crippen molar-refractivity contribution in [1.29, 1.82) is 0 Å². The van der Waals surface area contributed by atoms with Crippen LogP contribution in [0.15, 0.2) is 34.9 Å². The van der Waals surface area contributed by atoms with Gasteiger partial charge in [-0.1, -0.05) is 5.16 Å². The Morgan fingerprint density at radius 1 is 1.32 bits per heavy atom. The zero-order valence-electron chi connectivity index (χ0n) is 13.5.